The maximum atomic E-state index is 13.6. The highest BCUT2D eigenvalue weighted by molar-refractivity contribution is 8.00. The fourth-order valence-electron chi connectivity index (χ4n) is 3.79. The van der Waals surface area contributed by atoms with E-state index < -0.39 is 35.2 Å². The van der Waals surface area contributed by atoms with Crippen molar-refractivity contribution in [2.24, 2.45) is 0 Å². The Morgan fingerprint density at radius 3 is 1.91 bits per heavy atom. The zero-order chi connectivity index (χ0) is 23.4. The number of rotatable bonds is 4. The molecule has 0 N–H and O–H groups in total. The number of morpholine rings is 1. The first-order valence-electron chi connectivity index (χ1n) is 10.9. The third kappa shape index (κ3) is 5.40. The van der Waals surface area contributed by atoms with Crippen LogP contribution in [0.3, 0.4) is 0 Å². The van der Waals surface area contributed by atoms with Crippen LogP contribution in [-0.4, -0.2) is 27.9 Å². The minimum absolute atomic E-state index is 0.476. The SMILES string of the molecule is CC(C)(C)OC(=O)N1[C@@H](Sc2ccccc2)C(=O)O[C@H](c2ccccc2)[C@@H]1c1ccccc1. The molecule has 1 amide bonds. The number of cyclic esters (lactones) is 1. The summed E-state index contributed by atoms with van der Waals surface area (Å²) in [7, 11) is 0. The van der Waals surface area contributed by atoms with E-state index in [0.717, 1.165) is 16.0 Å². The molecule has 0 aliphatic carbocycles. The monoisotopic (exact) mass is 461 g/mol. The van der Waals surface area contributed by atoms with Crippen molar-refractivity contribution in [1.29, 1.82) is 0 Å². The van der Waals surface area contributed by atoms with Gasteiger partial charge >= 0.3 is 12.1 Å². The van der Waals surface area contributed by atoms with Crippen molar-refractivity contribution in [3.8, 4) is 0 Å². The van der Waals surface area contributed by atoms with Gasteiger partial charge in [0.1, 0.15) is 11.6 Å². The van der Waals surface area contributed by atoms with Crippen molar-refractivity contribution in [2.75, 3.05) is 0 Å². The van der Waals surface area contributed by atoms with E-state index in [2.05, 4.69) is 0 Å². The first kappa shape index (κ1) is 22.9. The number of carbonyl (C=O) groups is 2. The summed E-state index contributed by atoms with van der Waals surface area (Å²) >= 11 is 1.28. The van der Waals surface area contributed by atoms with E-state index >= 15 is 0 Å². The van der Waals surface area contributed by atoms with Crippen LogP contribution < -0.4 is 0 Å². The van der Waals surface area contributed by atoms with Gasteiger partial charge in [-0.15, -0.1) is 0 Å². The number of benzene rings is 3. The molecule has 6 heteroatoms. The van der Waals surface area contributed by atoms with Crippen LogP contribution in [0.4, 0.5) is 4.79 Å². The van der Waals surface area contributed by atoms with Gasteiger partial charge in [0.15, 0.2) is 11.5 Å². The molecule has 1 aliphatic rings. The van der Waals surface area contributed by atoms with E-state index in [0.29, 0.717) is 0 Å². The van der Waals surface area contributed by atoms with Crippen molar-refractivity contribution in [3.05, 3.63) is 102 Å². The van der Waals surface area contributed by atoms with Gasteiger partial charge in [0.25, 0.3) is 0 Å². The molecule has 1 saturated heterocycles. The Morgan fingerprint density at radius 2 is 1.36 bits per heavy atom. The summed E-state index contributed by atoms with van der Waals surface area (Å²) in [5.41, 5.74) is 0.962. The standard InChI is InChI=1S/C27H27NO4S/c1-27(2,3)32-26(30)28-22(19-13-7-4-8-14-19)23(20-15-9-5-10-16-20)31-25(29)24(28)33-21-17-11-6-12-18-21/h4-18,22-24H,1-3H3/t22-,23+,24-/m0/s1. The van der Waals surface area contributed by atoms with Crippen LogP contribution in [0, 0.1) is 0 Å². The number of nitrogens with zero attached hydrogens (tertiary/aromatic N) is 1. The van der Waals surface area contributed by atoms with Crippen LogP contribution in [0.15, 0.2) is 95.9 Å². The molecule has 0 spiro atoms. The molecule has 3 aromatic rings. The van der Waals surface area contributed by atoms with Gasteiger partial charge in [0, 0.05) is 4.90 Å². The Balaban J connectivity index is 1.83. The summed E-state index contributed by atoms with van der Waals surface area (Å²) in [4.78, 5) is 29.4. The number of carbonyl (C=O) groups excluding carboxylic acids is 2. The van der Waals surface area contributed by atoms with Crippen LogP contribution >= 0.6 is 11.8 Å². The van der Waals surface area contributed by atoms with Gasteiger partial charge in [-0.3, -0.25) is 4.90 Å². The highest BCUT2D eigenvalue weighted by Crippen LogP contribution is 2.46. The molecular formula is C27H27NO4S. The van der Waals surface area contributed by atoms with Crippen LogP contribution in [0.1, 0.15) is 44.0 Å². The van der Waals surface area contributed by atoms with Gasteiger partial charge < -0.3 is 9.47 Å². The second kappa shape index (κ2) is 9.71. The number of ether oxygens (including phenoxy) is 2. The van der Waals surface area contributed by atoms with Gasteiger partial charge in [-0.1, -0.05) is 90.6 Å². The molecule has 0 aromatic heterocycles. The number of esters is 1. The highest BCUT2D eigenvalue weighted by atomic mass is 32.2. The summed E-state index contributed by atoms with van der Waals surface area (Å²) < 4.78 is 11.8. The van der Waals surface area contributed by atoms with E-state index in [1.165, 1.54) is 11.8 Å². The third-order valence-corrected chi connectivity index (χ3v) is 6.34. The normalized spacial score (nSPS) is 20.8. The maximum absolute atomic E-state index is 13.6. The van der Waals surface area contributed by atoms with Gasteiger partial charge in [-0.05, 0) is 44.0 Å². The van der Waals surface area contributed by atoms with E-state index in [1.807, 2.05) is 112 Å². The largest absolute Gasteiger partial charge is 0.453 e. The minimum Gasteiger partial charge on any atom is -0.453 e. The van der Waals surface area contributed by atoms with Crippen molar-refractivity contribution < 1.29 is 19.1 Å². The number of hydrogen-bond acceptors (Lipinski definition) is 5. The molecule has 170 valence electrons. The fraction of sp³-hybridized carbons (Fsp3) is 0.259. The number of amides is 1. The van der Waals surface area contributed by atoms with Crippen LogP contribution in [-0.2, 0) is 14.3 Å². The van der Waals surface area contributed by atoms with Gasteiger partial charge in [-0.2, -0.15) is 0 Å². The van der Waals surface area contributed by atoms with Crippen LogP contribution in [0.25, 0.3) is 0 Å². The zero-order valence-corrected chi connectivity index (χ0v) is 19.7. The molecule has 3 aromatic carbocycles. The molecule has 5 nitrogen and oxygen atoms in total. The first-order valence-corrected chi connectivity index (χ1v) is 11.7. The van der Waals surface area contributed by atoms with Crippen molar-refractivity contribution >= 4 is 23.8 Å². The van der Waals surface area contributed by atoms with Crippen molar-refractivity contribution in [3.63, 3.8) is 0 Å². The summed E-state index contributed by atoms with van der Waals surface area (Å²) in [6.45, 7) is 5.45. The lowest BCUT2D eigenvalue weighted by Gasteiger charge is -2.45. The van der Waals surface area contributed by atoms with Gasteiger partial charge in [0.05, 0.1) is 0 Å². The summed E-state index contributed by atoms with van der Waals surface area (Å²) in [6, 6.07) is 28.1. The van der Waals surface area contributed by atoms with E-state index in [4.69, 9.17) is 9.47 Å². The second-order valence-corrected chi connectivity index (χ2v) is 9.95. The van der Waals surface area contributed by atoms with Crippen molar-refractivity contribution in [2.45, 2.75) is 48.8 Å². The van der Waals surface area contributed by atoms with Crippen LogP contribution in [0.5, 0.6) is 0 Å². The van der Waals surface area contributed by atoms with E-state index in [9.17, 15) is 9.59 Å². The molecule has 1 fully saturated rings. The Labute approximate surface area is 198 Å². The average Bonchev–Trinajstić information content (AvgIpc) is 2.80. The number of thioether (sulfide) groups is 1. The molecule has 3 atom stereocenters. The minimum atomic E-state index is -0.896. The molecule has 0 unspecified atom stereocenters. The second-order valence-electron chi connectivity index (χ2n) is 8.79. The Hall–Kier alpha value is -3.25. The Bertz CT molecular complexity index is 1080. The quantitative estimate of drug-likeness (QED) is 0.422. The first-order chi connectivity index (χ1) is 15.8. The molecule has 0 saturated carbocycles. The van der Waals surface area contributed by atoms with Gasteiger partial charge in [-0.25, -0.2) is 9.59 Å². The molecule has 1 heterocycles. The lowest BCUT2D eigenvalue weighted by atomic mass is 9.93. The molecule has 33 heavy (non-hydrogen) atoms. The molecule has 4 rings (SSSR count). The Kier molecular flexibility index (Phi) is 6.75. The smallest absolute Gasteiger partial charge is 0.412 e. The lowest BCUT2D eigenvalue weighted by molar-refractivity contribution is -0.168. The van der Waals surface area contributed by atoms with Gasteiger partial charge in [0.2, 0.25) is 0 Å². The topological polar surface area (TPSA) is 55.8 Å². The van der Waals surface area contributed by atoms with Crippen molar-refractivity contribution in [1.82, 2.24) is 4.90 Å². The van der Waals surface area contributed by atoms with E-state index in [-0.39, 0.29) is 0 Å². The highest BCUT2D eigenvalue weighted by Gasteiger charge is 2.49. The Morgan fingerprint density at radius 1 is 0.848 bits per heavy atom. The van der Waals surface area contributed by atoms with E-state index in [1.54, 1.807) is 4.90 Å². The predicted octanol–water partition coefficient (Wildman–Crippen LogP) is 6.38. The zero-order valence-electron chi connectivity index (χ0n) is 18.9. The summed E-state index contributed by atoms with van der Waals surface area (Å²) in [5.74, 6) is -0.476. The summed E-state index contributed by atoms with van der Waals surface area (Å²) in [5, 5.41) is -0.896. The molecule has 0 bridgehead atoms. The molecule has 1 aliphatic heterocycles. The average molecular weight is 462 g/mol. The predicted molar refractivity (Wildman–Crippen MR) is 129 cm³/mol. The fourth-order valence-corrected chi connectivity index (χ4v) is 4.84. The number of hydrogen-bond donors (Lipinski definition) is 0. The van der Waals surface area contributed by atoms with Crippen LogP contribution in [0.2, 0.25) is 0 Å². The maximum Gasteiger partial charge on any atom is 0.412 e. The molecule has 0 radical (unpaired) electrons. The third-order valence-electron chi connectivity index (χ3n) is 5.15. The molecular weight excluding hydrogens is 434 g/mol. The summed E-state index contributed by atoms with van der Waals surface area (Å²) in [6.07, 6.45) is -1.22. The lowest BCUT2D eigenvalue weighted by Crippen LogP contribution is -2.54.